The monoisotopic (exact) mass is 301 g/mol. The first-order chi connectivity index (χ1) is 10.1. The van der Waals surface area contributed by atoms with Gasteiger partial charge in [0.25, 0.3) is 5.24 Å². The van der Waals surface area contributed by atoms with Crippen LogP contribution < -0.4 is 10.1 Å². The minimum atomic E-state index is -0.708. The molecule has 2 amide bonds. The summed E-state index contributed by atoms with van der Waals surface area (Å²) in [6, 6.07) is 13.0. The molecule has 5 nitrogen and oxygen atoms in total. The van der Waals surface area contributed by atoms with Gasteiger partial charge >= 0.3 is 5.97 Å². The molecule has 0 aliphatic carbocycles. The molecule has 1 atom stereocenters. The Labute approximate surface area is 124 Å². The summed E-state index contributed by atoms with van der Waals surface area (Å²) in [5, 5.41) is 2.80. The Morgan fingerprint density at radius 1 is 1.14 bits per heavy atom. The second kappa shape index (κ2) is 5.57. The third kappa shape index (κ3) is 2.90. The number of hydrogen-bond acceptors (Lipinski definition) is 5. The molecule has 1 unspecified atom stereocenters. The fourth-order valence-electron chi connectivity index (χ4n) is 2.13. The zero-order valence-electron chi connectivity index (χ0n) is 10.9. The van der Waals surface area contributed by atoms with Gasteiger partial charge in [-0.15, -0.1) is 0 Å². The molecule has 0 bridgehead atoms. The zero-order valence-corrected chi connectivity index (χ0v) is 11.7. The Morgan fingerprint density at radius 3 is 2.67 bits per heavy atom. The summed E-state index contributed by atoms with van der Waals surface area (Å²) >= 11 is 0.816. The third-order valence-electron chi connectivity index (χ3n) is 3.09. The lowest BCUT2D eigenvalue weighted by Crippen LogP contribution is -2.27. The lowest BCUT2D eigenvalue weighted by molar-refractivity contribution is -0.135. The molecule has 0 radical (unpaired) electrons. The van der Waals surface area contributed by atoms with E-state index in [9.17, 15) is 14.4 Å². The number of carbonyl (C=O) groups excluding carboxylic acids is 3. The molecular formula is C15H11NO4S. The molecule has 1 saturated heterocycles. The average molecular weight is 301 g/mol. The van der Waals surface area contributed by atoms with E-state index in [2.05, 4.69) is 5.32 Å². The standard InChI is InChI=1S/C15H11NO4S/c17-13(8-12-14(18)16-15(19)21-12)20-11-7-3-5-9-4-1-2-6-10(9)11/h1-7,12H,8H2,(H,16,18,19). The lowest BCUT2D eigenvalue weighted by atomic mass is 10.1. The molecule has 2 aromatic carbocycles. The highest BCUT2D eigenvalue weighted by Crippen LogP contribution is 2.27. The molecule has 1 heterocycles. The molecule has 1 aliphatic heterocycles. The highest BCUT2D eigenvalue weighted by Gasteiger charge is 2.33. The second-order valence-corrected chi connectivity index (χ2v) is 5.71. The van der Waals surface area contributed by atoms with E-state index in [1.165, 1.54) is 0 Å². The van der Waals surface area contributed by atoms with E-state index in [1.807, 2.05) is 30.3 Å². The van der Waals surface area contributed by atoms with Crippen LogP contribution in [0, 0.1) is 0 Å². The lowest BCUT2D eigenvalue weighted by Gasteiger charge is -2.08. The van der Waals surface area contributed by atoms with E-state index in [4.69, 9.17) is 4.74 Å². The quantitative estimate of drug-likeness (QED) is 0.696. The second-order valence-electron chi connectivity index (χ2n) is 4.54. The number of esters is 1. The van der Waals surface area contributed by atoms with Crippen LogP contribution in [0.25, 0.3) is 10.8 Å². The van der Waals surface area contributed by atoms with Crippen molar-refractivity contribution in [3.05, 3.63) is 42.5 Å². The maximum Gasteiger partial charge on any atom is 0.312 e. The summed E-state index contributed by atoms with van der Waals surface area (Å²) in [5.41, 5.74) is 0. The highest BCUT2D eigenvalue weighted by atomic mass is 32.2. The number of rotatable bonds is 3. The fourth-order valence-corrected chi connectivity index (χ4v) is 2.93. The van der Waals surface area contributed by atoms with Crippen LogP contribution in [0.2, 0.25) is 0 Å². The molecule has 0 saturated carbocycles. The normalized spacial score (nSPS) is 17.8. The highest BCUT2D eigenvalue weighted by molar-refractivity contribution is 8.15. The van der Waals surface area contributed by atoms with Gasteiger partial charge in [0.15, 0.2) is 0 Å². The molecule has 0 aromatic heterocycles. The number of imide groups is 1. The molecule has 1 N–H and O–H groups in total. The molecule has 21 heavy (non-hydrogen) atoms. The van der Waals surface area contributed by atoms with E-state index >= 15 is 0 Å². The summed E-state index contributed by atoms with van der Waals surface area (Å²) in [4.78, 5) is 34.4. The van der Waals surface area contributed by atoms with Gasteiger partial charge in [-0.1, -0.05) is 48.2 Å². The Balaban J connectivity index is 1.75. The smallest absolute Gasteiger partial charge is 0.312 e. The Hall–Kier alpha value is -2.34. The molecule has 0 spiro atoms. The molecule has 2 aromatic rings. The van der Waals surface area contributed by atoms with E-state index < -0.39 is 22.4 Å². The van der Waals surface area contributed by atoms with Crippen molar-refractivity contribution in [2.45, 2.75) is 11.7 Å². The van der Waals surface area contributed by atoms with Gasteiger partial charge in [0.1, 0.15) is 11.0 Å². The maximum atomic E-state index is 11.9. The van der Waals surface area contributed by atoms with Crippen molar-refractivity contribution in [3.63, 3.8) is 0 Å². The van der Waals surface area contributed by atoms with Crippen LogP contribution in [0.1, 0.15) is 6.42 Å². The minimum absolute atomic E-state index is 0.133. The fraction of sp³-hybridized carbons (Fsp3) is 0.133. The van der Waals surface area contributed by atoms with E-state index in [0.717, 1.165) is 22.5 Å². The maximum absolute atomic E-state index is 11.9. The molecular weight excluding hydrogens is 290 g/mol. The summed E-state index contributed by atoms with van der Waals surface area (Å²) in [5.74, 6) is -0.526. The van der Waals surface area contributed by atoms with Gasteiger partial charge in [-0.05, 0) is 11.5 Å². The molecule has 3 rings (SSSR count). The largest absolute Gasteiger partial charge is 0.426 e. The van der Waals surface area contributed by atoms with Gasteiger partial charge in [-0.25, -0.2) is 0 Å². The Kier molecular flexibility index (Phi) is 3.62. The van der Waals surface area contributed by atoms with Gasteiger partial charge in [0, 0.05) is 5.39 Å². The summed E-state index contributed by atoms with van der Waals surface area (Å²) in [7, 11) is 0. The average Bonchev–Trinajstić information content (AvgIpc) is 2.77. The number of hydrogen-bond donors (Lipinski definition) is 1. The zero-order chi connectivity index (χ0) is 14.8. The molecule has 106 valence electrons. The molecule has 6 heteroatoms. The summed E-state index contributed by atoms with van der Waals surface area (Å²) < 4.78 is 5.33. The first-order valence-electron chi connectivity index (χ1n) is 6.33. The van der Waals surface area contributed by atoms with Gasteiger partial charge in [-0.2, -0.15) is 0 Å². The summed E-state index contributed by atoms with van der Waals surface area (Å²) in [6.07, 6.45) is -0.133. The number of thioether (sulfide) groups is 1. The number of nitrogens with one attached hydrogen (secondary N) is 1. The Bertz CT molecular complexity index is 738. The number of amides is 2. The number of fused-ring (bicyclic) bond motifs is 1. The minimum Gasteiger partial charge on any atom is -0.426 e. The van der Waals surface area contributed by atoms with Crippen molar-refractivity contribution in [3.8, 4) is 5.75 Å². The number of carbonyl (C=O) groups is 3. The predicted octanol–water partition coefficient (Wildman–Crippen LogP) is 2.49. The topological polar surface area (TPSA) is 72.5 Å². The first-order valence-corrected chi connectivity index (χ1v) is 7.21. The van der Waals surface area contributed by atoms with Crippen molar-refractivity contribution in [1.29, 1.82) is 0 Å². The van der Waals surface area contributed by atoms with Crippen LogP contribution in [0.4, 0.5) is 4.79 Å². The van der Waals surface area contributed by atoms with Crippen molar-refractivity contribution >= 4 is 39.7 Å². The van der Waals surface area contributed by atoms with Crippen molar-refractivity contribution in [1.82, 2.24) is 5.32 Å². The predicted molar refractivity (Wildman–Crippen MR) is 79.1 cm³/mol. The van der Waals surface area contributed by atoms with Gasteiger partial charge in [0.2, 0.25) is 5.91 Å². The number of ether oxygens (including phenoxy) is 1. The van der Waals surface area contributed by atoms with Crippen LogP contribution in [0.3, 0.4) is 0 Å². The first kappa shape index (κ1) is 13.6. The third-order valence-corrected chi connectivity index (χ3v) is 4.07. The van der Waals surface area contributed by atoms with Gasteiger partial charge < -0.3 is 4.74 Å². The van der Waals surface area contributed by atoms with Crippen LogP contribution in [0.5, 0.6) is 5.75 Å². The van der Waals surface area contributed by atoms with Crippen LogP contribution >= 0.6 is 11.8 Å². The molecule has 1 fully saturated rings. The van der Waals surface area contributed by atoms with Gasteiger partial charge in [-0.3, -0.25) is 19.7 Å². The SMILES string of the molecule is O=C(CC1SC(=O)NC1=O)Oc1cccc2ccccc12. The van der Waals surface area contributed by atoms with Crippen LogP contribution in [-0.4, -0.2) is 22.4 Å². The van der Waals surface area contributed by atoms with Crippen molar-refractivity contribution in [2.75, 3.05) is 0 Å². The van der Waals surface area contributed by atoms with E-state index in [-0.39, 0.29) is 6.42 Å². The van der Waals surface area contributed by atoms with E-state index in [0.29, 0.717) is 5.75 Å². The van der Waals surface area contributed by atoms with Crippen LogP contribution in [-0.2, 0) is 9.59 Å². The van der Waals surface area contributed by atoms with Gasteiger partial charge in [0.05, 0.1) is 6.42 Å². The summed E-state index contributed by atoms with van der Waals surface area (Å²) in [6.45, 7) is 0. The Morgan fingerprint density at radius 2 is 1.90 bits per heavy atom. The van der Waals surface area contributed by atoms with Crippen molar-refractivity contribution < 1.29 is 19.1 Å². The van der Waals surface area contributed by atoms with E-state index in [1.54, 1.807) is 12.1 Å². The van der Waals surface area contributed by atoms with Crippen molar-refractivity contribution in [2.24, 2.45) is 0 Å². The van der Waals surface area contributed by atoms with Crippen LogP contribution in [0.15, 0.2) is 42.5 Å². The molecule has 1 aliphatic rings. The number of benzene rings is 2.